The van der Waals surface area contributed by atoms with Crippen molar-refractivity contribution in [2.45, 2.75) is 0 Å². The maximum atomic E-state index is 5.89. The van der Waals surface area contributed by atoms with E-state index in [0.717, 1.165) is 21.0 Å². The van der Waals surface area contributed by atoms with Crippen LogP contribution in [0.2, 0.25) is 5.02 Å². The van der Waals surface area contributed by atoms with Crippen molar-refractivity contribution in [3.8, 4) is 11.5 Å². The number of nitrogen functional groups attached to an aromatic ring is 1. The second kappa shape index (κ2) is 5.35. The number of nitrogens with two attached hydrogens (primary N) is 1. The minimum Gasteiger partial charge on any atom is -0.455 e. The molecule has 0 saturated heterocycles. The van der Waals surface area contributed by atoms with Crippen LogP contribution in [0.3, 0.4) is 0 Å². The number of hydrogen-bond acceptors (Lipinski definition) is 2. The summed E-state index contributed by atoms with van der Waals surface area (Å²) in [7, 11) is 0. The van der Waals surface area contributed by atoms with Crippen molar-refractivity contribution < 1.29 is 4.74 Å². The number of anilines is 1. The summed E-state index contributed by atoms with van der Waals surface area (Å²) in [5, 5.41) is 2.85. The first-order valence-electron chi connectivity index (χ1n) is 6.04. The van der Waals surface area contributed by atoms with E-state index in [0.29, 0.717) is 16.5 Å². The first-order valence-corrected chi connectivity index (χ1v) is 7.21. The van der Waals surface area contributed by atoms with Gasteiger partial charge in [0.25, 0.3) is 0 Å². The largest absolute Gasteiger partial charge is 0.455 e. The molecular formula is C16H11BrClNO. The summed E-state index contributed by atoms with van der Waals surface area (Å²) in [6.45, 7) is 0. The van der Waals surface area contributed by atoms with Gasteiger partial charge in [0.1, 0.15) is 11.5 Å². The number of fused-ring (bicyclic) bond motifs is 1. The van der Waals surface area contributed by atoms with Crippen molar-refractivity contribution in [1.29, 1.82) is 0 Å². The topological polar surface area (TPSA) is 35.2 Å². The Morgan fingerprint density at radius 1 is 0.900 bits per heavy atom. The van der Waals surface area contributed by atoms with Crippen LogP contribution in [0, 0.1) is 0 Å². The molecular weight excluding hydrogens is 338 g/mol. The molecule has 0 aromatic heterocycles. The van der Waals surface area contributed by atoms with Gasteiger partial charge in [-0.3, -0.25) is 0 Å². The molecule has 3 aromatic rings. The maximum Gasteiger partial charge on any atom is 0.150 e. The van der Waals surface area contributed by atoms with Crippen LogP contribution in [-0.4, -0.2) is 0 Å². The van der Waals surface area contributed by atoms with Gasteiger partial charge in [0.2, 0.25) is 0 Å². The third kappa shape index (κ3) is 2.74. The third-order valence-corrected chi connectivity index (χ3v) is 3.70. The first-order chi connectivity index (χ1) is 9.61. The lowest BCUT2D eigenvalue weighted by molar-refractivity contribution is 0.486. The molecule has 2 N–H and O–H groups in total. The number of hydrogen-bond donors (Lipinski definition) is 1. The quantitative estimate of drug-likeness (QED) is 0.609. The molecule has 3 aromatic carbocycles. The predicted molar refractivity (Wildman–Crippen MR) is 87.6 cm³/mol. The van der Waals surface area contributed by atoms with Gasteiger partial charge in [-0.1, -0.05) is 39.7 Å². The molecule has 0 heterocycles. The number of halogens is 2. The highest BCUT2D eigenvalue weighted by Crippen LogP contribution is 2.31. The molecule has 0 unspecified atom stereocenters. The second-order valence-electron chi connectivity index (χ2n) is 4.44. The zero-order chi connectivity index (χ0) is 14.1. The molecule has 0 fully saturated rings. The summed E-state index contributed by atoms with van der Waals surface area (Å²) >= 11 is 9.33. The van der Waals surface area contributed by atoms with Gasteiger partial charge in [0.15, 0.2) is 0 Å². The van der Waals surface area contributed by atoms with E-state index in [1.165, 1.54) is 0 Å². The highest BCUT2D eigenvalue weighted by Gasteiger charge is 2.04. The summed E-state index contributed by atoms with van der Waals surface area (Å²) in [6, 6.07) is 17.2. The van der Waals surface area contributed by atoms with Crippen LogP contribution in [0.25, 0.3) is 10.8 Å². The molecule has 3 rings (SSSR count). The van der Waals surface area contributed by atoms with Crippen molar-refractivity contribution in [2.75, 3.05) is 5.73 Å². The van der Waals surface area contributed by atoms with E-state index >= 15 is 0 Å². The van der Waals surface area contributed by atoms with Gasteiger partial charge >= 0.3 is 0 Å². The molecule has 100 valence electrons. The van der Waals surface area contributed by atoms with Crippen LogP contribution >= 0.6 is 27.5 Å². The average molecular weight is 349 g/mol. The molecule has 0 atom stereocenters. The molecule has 0 saturated carbocycles. The Hall–Kier alpha value is -1.71. The summed E-state index contributed by atoms with van der Waals surface area (Å²) in [5.41, 5.74) is 6.41. The van der Waals surface area contributed by atoms with Crippen LogP contribution in [0.5, 0.6) is 11.5 Å². The standard InChI is InChI=1S/C16H11BrClNO/c17-12-3-1-11-8-14(5-2-10(11)7-12)20-16-6-4-13(18)9-15(16)19/h1-9H,19H2. The van der Waals surface area contributed by atoms with Crippen LogP contribution < -0.4 is 10.5 Å². The van der Waals surface area contributed by atoms with Crippen LogP contribution in [0.1, 0.15) is 0 Å². The summed E-state index contributed by atoms with van der Waals surface area (Å²) in [6.07, 6.45) is 0. The normalized spacial score (nSPS) is 10.7. The molecule has 0 amide bonds. The monoisotopic (exact) mass is 347 g/mol. The molecule has 4 heteroatoms. The molecule has 0 aliphatic carbocycles. The minimum absolute atomic E-state index is 0.522. The van der Waals surface area contributed by atoms with Gasteiger partial charge in [-0.05, 0) is 53.2 Å². The fraction of sp³-hybridized carbons (Fsp3) is 0. The Morgan fingerprint density at radius 3 is 2.45 bits per heavy atom. The average Bonchev–Trinajstić information content (AvgIpc) is 2.42. The Labute approximate surface area is 130 Å². The van der Waals surface area contributed by atoms with Crippen LogP contribution in [-0.2, 0) is 0 Å². The zero-order valence-corrected chi connectivity index (χ0v) is 12.8. The van der Waals surface area contributed by atoms with E-state index in [-0.39, 0.29) is 0 Å². The van der Waals surface area contributed by atoms with E-state index in [2.05, 4.69) is 22.0 Å². The van der Waals surface area contributed by atoms with E-state index in [1.807, 2.05) is 30.3 Å². The lowest BCUT2D eigenvalue weighted by atomic mass is 10.1. The minimum atomic E-state index is 0.522. The predicted octanol–water partition coefficient (Wildman–Crippen LogP) is 5.63. The fourth-order valence-electron chi connectivity index (χ4n) is 2.00. The highest BCUT2D eigenvalue weighted by molar-refractivity contribution is 9.10. The molecule has 0 bridgehead atoms. The van der Waals surface area contributed by atoms with Gasteiger partial charge < -0.3 is 10.5 Å². The van der Waals surface area contributed by atoms with Gasteiger partial charge in [0.05, 0.1) is 5.69 Å². The molecule has 2 nitrogen and oxygen atoms in total. The van der Waals surface area contributed by atoms with Crippen molar-refractivity contribution in [1.82, 2.24) is 0 Å². The number of rotatable bonds is 2. The van der Waals surface area contributed by atoms with Crippen molar-refractivity contribution in [3.05, 3.63) is 64.1 Å². The SMILES string of the molecule is Nc1cc(Cl)ccc1Oc1ccc2cc(Br)ccc2c1. The van der Waals surface area contributed by atoms with E-state index in [4.69, 9.17) is 22.1 Å². The zero-order valence-electron chi connectivity index (χ0n) is 10.4. The Balaban J connectivity index is 1.96. The molecule has 20 heavy (non-hydrogen) atoms. The van der Waals surface area contributed by atoms with E-state index < -0.39 is 0 Å². The smallest absolute Gasteiger partial charge is 0.150 e. The van der Waals surface area contributed by atoms with Crippen LogP contribution in [0.15, 0.2) is 59.1 Å². The Kier molecular flexibility index (Phi) is 3.55. The summed E-state index contributed by atoms with van der Waals surface area (Å²) in [5.74, 6) is 1.35. The molecule has 0 aliphatic heterocycles. The van der Waals surface area contributed by atoms with Gasteiger partial charge in [-0.15, -0.1) is 0 Å². The highest BCUT2D eigenvalue weighted by atomic mass is 79.9. The number of ether oxygens (including phenoxy) is 1. The van der Waals surface area contributed by atoms with Gasteiger partial charge in [-0.2, -0.15) is 0 Å². The lowest BCUT2D eigenvalue weighted by Crippen LogP contribution is -1.91. The van der Waals surface area contributed by atoms with Gasteiger partial charge in [-0.25, -0.2) is 0 Å². The van der Waals surface area contributed by atoms with Crippen LogP contribution in [0.4, 0.5) is 5.69 Å². The first kappa shape index (κ1) is 13.3. The summed E-state index contributed by atoms with van der Waals surface area (Å²) in [4.78, 5) is 0. The van der Waals surface area contributed by atoms with Crippen molar-refractivity contribution in [3.63, 3.8) is 0 Å². The van der Waals surface area contributed by atoms with Crippen molar-refractivity contribution >= 4 is 44.0 Å². The van der Waals surface area contributed by atoms with Crippen molar-refractivity contribution in [2.24, 2.45) is 0 Å². The Morgan fingerprint density at radius 2 is 1.65 bits per heavy atom. The second-order valence-corrected chi connectivity index (χ2v) is 5.79. The molecule has 0 radical (unpaired) electrons. The van der Waals surface area contributed by atoms with E-state index in [1.54, 1.807) is 18.2 Å². The lowest BCUT2D eigenvalue weighted by Gasteiger charge is -2.09. The maximum absolute atomic E-state index is 5.89. The number of benzene rings is 3. The third-order valence-electron chi connectivity index (χ3n) is 2.97. The summed E-state index contributed by atoms with van der Waals surface area (Å²) < 4.78 is 6.86. The fourth-order valence-corrected chi connectivity index (χ4v) is 2.56. The molecule has 0 spiro atoms. The van der Waals surface area contributed by atoms with E-state index in [9.17, 15) is 0 Å². The van der Waals surface area contributed by atoms with Gasteiger partial charge in [0, 0.05) is 9.50 Å². The Bertz CT molecular complexity index is 789. The molecule has 0 aliphatic rings.